The average Bonchev–Trinajstić information content (AvgIpc) is 2.92. The van der Waals surface area contributed by atoms with Gasteiger partial charge in [0.2, 0.25) is 6.29 Å². The SMILES string of the molecule is CC(=O)OC[C@H]1OC(OC(=Nc2ccccc2)C(F)(F)F)[C@H](OCCSc2ccccc2)[C@@H](OC(C)=O)[C@H]1OC(C)=O. The molecule has 228 valence electrons. The van der Waals surface area contributed by atoms with E-state index in [-0.39, 0.29) is 12.3 Å². The second-order valence-electron chi connectivity index (χ2n) is 8.86. The van der Waals surface area contributed by atoms with Crippen LogP contribution in [-0.4, -0.2) is 79.7 Å². The highest BCUT2D eigenvalue weighted by molar-refractivity contribution is 7.99. The van der Waals surface area contributed by atoms with E-state index in [4.69, 9.17) is 28.4 Å². The number of hydrogen-bond acceptors (Lipinski definition) is 11. The van der Waals surface area contributed by atoms with Crippen LogP contribution in [0.4, 0.5) is 18.9 Å². The monoisotopic (exact) mass is 613 g/mol. The molecular weight excluding hydrogens is 583 g/mol. The van der Waals surface area contributed by atoms with E-state index in [9.17, 15) is 27.6 Å². The first-order valence-electron chi connectivity index (χ1n) is 12.7. The van der Waals surface area contributed by atoms with E-state index >= 15 is 0 Å². The highest BCUT2D eigenvalue weighted by atomic mass is 32.2. The number of para-hydroxylation sites is 1. The first kappa shape index (κ1) is 32.9. The fourth-order valence-electron chi connectivity index (χ4n) is 3.89. The Kier molecular flexibility index (Phi) is 12.2. The Bertz CT molecular complexity index is 1210. The summed E-state index contributed by atoms with van der Waals surface area (Å²) in [6, 6.07) is 16.6. The molecule has 1 aliphatic rings. The van der Waals surface area contributed by atoms with Gasteiger partial charge >= 0.3 is 24.1 Å². The number of carbonyl (C=O) groups is 3. The molecule has 2 aromatic rings. The van der Waals surface area contributed by atoms with Crippen molar-refractivity contribution in [3.63, 3.8) is 0 Å². The van der Waals surface area contributed by atoms with Crippen molar-refractivity contribution in [1.82, 2.24) is 0 Å². The molecule has 0 N–H and O–H groups in total. The van der Waals surface area contributed by atoms with Crippen molar-refractivity contribution in [3.05, 3.63) is 60.7 Å². The van der Waals surface area contributed by atoms with Crippen molar-refractivity contribution >= 4 is 41.3 Å². The third-order valence-corrected chi connectivity index (χ3v) is 6.49. The predicted octanol–water partition coefficient (Wildman–Crippen LogP) is 4.62. The van der Waals surface area contributed by atoms with Crippen molar-refractivity contribution in [1.29, 1.82) is 0 Å². The number of nitrogens with zero attached hydrogens (tertiary/aromatic N) is 1. The summed E-state index contributed by atoms with van der Waals surface area (Å²) in [5, 5.41) is 0. The summed E-state index contributed by atoms with van der Waals surface area (Å²) in [5.74, 6) is -3.71. The molecule has 0 bridgehead atoms. The number of ether oxygens (including phenoxy) is 6. The number of halogens is 3. The number of thioether (sulfide) groups is 1. The molecule has 1 fully saturated rings. The number of esters is 3. The summed E-state index contributed by atoms with van der Waals surface area (Å²) in [5.41, 5.74) is -0.0526. The minimum atomic E-state index is -5.07. The van der Waals surface area contributed by atoms with Crippen LogP contribution in [0.3, 0.4) is 0 Å². The summed E-state index contributed by atoms with van der Waals surface area (Å²) < 4.78 is 75.1. The van der Waals surface area contributed by atoms with Crippen LogP contribution < -0.4 is 0 Å². The van der Waals surface area contributed by atoms with Crippen LogP contribution in [0.15, 0.2) is 70.6 Å². The van der Waals surface area contributed by atoms with Gasteiger partial charge in [0.25, 0.3) is 5.90 Å². The van der Waals surface area contributed by atoms with Gasteiger partial charge in [0, 0.05) is 31.4 Å². The van der Waals surface area contributed by atoms with E-state index in [1.165, 1.54) is 36.0 Å². The zero-order valence-corrected chi connectivity index (χ0v) is 23.8. The van der Waals surface area contributed by atoms with Gasteiger partial charge in [-0.15, -0.1) is 11.8 Å². The van der Waals surface area contributed by atoms with Crippen LogP contribution in [0.5, 0.6) is 0 Å². The second kappa shape index (κ2) is 15.6. The van der Waals surface area contributed by atoms with E-state index in [0.717, 1.165) is 25.7 Å². The zero-order valence-electron chi connectivity index (χ0n) is 22.9. The standard InChI is InChI=1S/C28H30F3NO9S/c1-17(33)37-16-22-23(38-18(2)34)24(39-19(3)35)25(36-14-15-42-21-12-8-5-9-13-21)26(40-22)41-27(28(29,30)31)32-20-10-6-4-7-11-20/h4-13,22-26H,14-16H2,1-3H3/t22-,23+,24+,25-,26?/m1/s1. The molecule has 0 aromatic heterocycles. The molecule has 14 heteroatoms. The Morgan fingerprint density at radius 2 is 1.43 bits per heavy atom. The molecule has 10 nitrogen and oxygen atoms in total. The van der Waals surface area contributed by atoms with Gasteiger partial charge < -0.3 is 28.4 Å². The molecule has 42 heavy (non-hydrogen) atoms. The van der Waals surface area contributed by atoms with Gasteiger partial charge in [0.1, 0.15) is 12.7 Å². The fourth-order valence-corrected chi connectivity index (χ4v) is 4.65. The van der Waals surface area contributed by atoms with E-state index in [1.54, 1.807) is 6.07 Å². The molecular formula is C28H30F3NO9S. The number of rotatable bonds is 11. The lowest BCUT2D eigenvalue weighted by Gasteiger charge is -2.44. The predicted molar refractivity (Wildman–Crippen MR) is 144 cm³/mol. The minimum Gasteiger partial charge on any atom is -0.463 e. The van der Waals surface area contributed by atoms with Crippen LogP contribution in [0.1, 0.15) is 20.8 Å². The molecule has 0 amide bonds. The van der Waals surface area contributed by atoms with Crippen LogP contribution in [0, 0.1) is 0 Å². The van der Waals surface area contributed by atoms with Gasteiger partial charge in [-0.3, -0.25) is 14.4 Å². The highest BCUT2D eigenvalue weighted by Gasteiger charge is 2.54. The lowest BCUT2D eigenvalue weighted by Crippen LogP contribution is -2.63. The molecule has 0 saturated carbocycles. The first-order chi connectivity index (χ1) is 19.9. The quantitative estimate of drug-likeness (QED) is 0.0887. The maximum Gasteiger partial charge on any atom is 0.468 e. The number of carbonyl (C=O) groups excluding carboxylic acids is 3. The number of aliphatic imine (C=N–C) groups is 1. The zero-order chi connectivity index (χ0) is 30.7. The van der Waals surface area contributed by atoms with Gasteiger partial charge in [0.15, 0.2) is 18.3 Å². The number of benzene rings is 2. The smallest absolute Gasteiger partial charge is 0.463 e. The van der Waals surface area contributed by atoms with E-state index in [2.05, 4.69) is 4.99 Å². The van der Waals surface area contributed by atoms with E-state index in [1.807, 2.05) is 30.3 Å². The van der Waals surface area contributed by atoms with Crippen molar-refractivity contribution < 1.29 is 56.0 Å². The van der Waals surface area contributed by atoms with Gasteiger partial charge in [-0.1, -0.05) is 36.4 Å². The van der Waals surface area contributed by atoms with Crippen molar-refractivity contribution in [3.8, 4) is 0 Å². The molecule has 1 saturated heterocycles. The number of hydrogen-bond donors (Lipinski definition) is 0. The van der Waals surface area contributed by atoms with Crippen LogP contribution in [0.2, 0.25) is 0 Å². The lowest BCUT2D eigenvalue weighted by atomic mass is 9.98. The minimum absolute atomic E-state index is 0.0518. The summed E-state index contributed by atoms with van der Waals surface area (Å²) in [7, 11) is 0. The largest absolute Gasteiger partial charge is 0.468 e. The molecule has 0 radical (unpaired) electrons. The summed E-state index contributed by atoms with van der Waals surface area (Å²) in [4.78, 5) is 40.1. The first-order valence-corrected chi connectivity index (χ1v) is 13.7. The fraction of sp³-hybridized carbons (Fsp3) is 0.429. The molecule has 0 aliphatic carbocycles. The van der Waals surface area contributed by atoms with E-state index in [0.29, 0.717) is 5.75 Å². The molecule has 5 atom stereocenters. The molecule has 1 unspecified atom stereocenters. The molecule has 3 rings (SSSR count). The van der Waals surface area contributed by atoms with Crippen LogP contribution in [-0.2, 0) is 42.8 Å². The Hall–Kier alpha value is -3.62. The third-order valence-electron chi connectivity index (χ3n) is 5.51. The average molecular weight is 614 g/mol. The van der Waals surface area contributed by atoms with E-state index < -0.39 is 67.3 Å². The molecule has 1 heterocycles. The Morgan fingerprint density at radius 3 is 2.00 bits per heavy atom. The van der Waals surface area contributed by atoms with Crippen molar-refractivity contribution in [2.75, 3.05) is 19.0 Å². The van der Waals surface area contributed by atoms with Crippen LogP contribution in [0.25, 0.3) is 0 Å². The topological polar surface area (TPSA) is 119 Å². The van der Waals surface area contributed by atoms with Gasteiger partial charge in [-0.25, -0.2) is 4.99 Å². The van der Waals surface area contributed by atoms with Gasteiger partial charge in [-0.05, 0) is 24.3 Å². The van der Waals surface area contributed by atoms with Crippen molar-refractivity contribution in [2.24, 2.45) is 4.99 Å². The lowest BCUT2D eigenvalue weighted by molar-refractivity contribution is -0.299. The Balaban J connectivity index is 1.97. The highest BCUT2D eigenvalue weighted by Crippen LogP contribution is 2.33. The normalized spacial score (nSPS) is 22.6. The van der Waals surface area contributed by atoms with Gasteiger partial charge in [-0.2, -0.15) is 13.2 Å². The molecule has 0 spiro atoms. The Labute approximate surface area is 244 Å². The third kappa shape index (κ3) is 10.3. The maximum atomic E-state index is 14.1. The van der Waals surface area contributed by atoms with Crippen molar-refractivity contribution in [2.45, 2.75) is 62.5 Å². The summed E-state index contributed by atoms with van der Waals surface area (Å²) in [6.45, 7) is 2.64. The second-order valence-corrected chi connectivity index (χ2v) is 10.0. The molecule has 2 aromatic carbocycles. The summed E-state index contributed by atoms with van der Waals surface area (Å²) >= 11 is 1.41. The number of alkyl halides is 3. The maximum absolute atomic E-state index is 14.1. The van der Waals surface area contributed by atoms with Crippen LogP contribution >= 0.6 is 11.8 Å². The Morgan fingerprint density at radius 1 is 0.833 bits per heavy atom. The molecule has 1 aliphatic heterocycles. The van der Waals surface area contributed by atoms with Gasteiger partial charge in [0.05, 0.1) is 12.3 Å². The summed E-state index contributed by atoms with van der Waals surface area (Å²) in [6.07, 6.45) is -12.8.